The van der Waals surface area contributed by atoms with E-state index in [1.807, 2.05) is 0 Å². The third kappa shape index (κ3) is 6.98. The smallest absolute Gasteiger partial charge is 0.379 e. The van der Waals surface area contributed by atoms with Gasteiger partial charge >= 0.3 is 12.3 Å². The number of hydrogen-bond donors (Lipinski definition) is 0. The van der Waals surface area contributed by atoms with E-state index < -0.39 is 37.8 Å². The predicted molar refractivity (Wildman–Crippen MR) is 53.8 cm³/mol. The molecule has 19 heavy (non-hydrogen) atoms. The molecule has 0 spiro atoms. The van der Waals surface area contributed by atoms with Crippen LogP contribution >= 0.6 is 0 Å². The maximum Gasteiger partial charge on any atom is 0.428 e. The van der Waals surface area contributed by atoms with E-state index in [0.29, 0.717) is 0 Å². The fraction of sp³-hybridized carbons (Fsp3) is 1.00. The highest BCUT2D eigenvalue weighted by molar-refractivity contribution is 4.77. The minimum Gasteiger partial charge on any atom is -0.379 e. The third-order valence-corrected chi connectivity index (χ3v) is 1.92. The Kier molecular flexibility index (Phi) is 7.68. The average Bonchev–Trinajstić information content (AvgIpc) is 2.30. The summed E-state index contributed by atoms with van der Waals surface area (Å²) in [5.74, 6) is 0. The molecule has 0 aromatic heterocycles. The van der Waals surface area contributed by atoms with Crippen molar-refractivity contribution in [2.24, 2.45) is 0 Å². The molecule has 0 aromatic rings. The Balaban J connectivity index is 4.60. The SMILES string of the molecule is CCOCC(COCC)OC(F)(F)C(F)C(F)(F)F. The molecule has 0 amide bonds. The summed E-state index contributed by atoms with van der Waals surface area (Å²) in [6.45, 7) is 2.58. The lowest BCUT2D eigenvalue weighted by Gasteiger charge is -2.27. The number of hydrogen-bond acceptors (Lipinski definition) is 3. The lowest BCUT2D eigenvalue weighted by Crippen LogP contribution is -2.47. The molecule has 1 atom stereocenters. The van der Waals surface area contributed by atoms with E-state index in [2.05, 4.69) is 4.74 Å². The Hall–Kier alpha value is -0.540. The van der Waals surface area contributed by atoms with Gasteiger partial charge in [0.1, 0.15) is 6.10 Å². The van der Waals surface area contributed by atoms with Crippen molar-refractivity contribution in [1.82, 2.24) is 0 Å². The highest BCUT2D eigenvalue weighted by atomic mass is 19.4. The normalized spacial score (nSPS) is 15.0. The van der Waals surface area contributed by atoms with Crippen molar-refractivity contribution in [3.05, 3.63) is 0 Å². The van der Waals surface area contributed by atoms with Crippen LogP contribution in [-0.2, 0) is 14.2 Å². The molecular weight excluding hydrogens is 282 g/mol. The van der Waals surface area contributed by atoms with Gasteiger partial charge in [-0.2, -0.15) is 22.0 Å². The van der Waals surface area contributed by atoms with Crippen molar-refractivity contribution in [2.75, 3.05) is 26.4 Å². The number of alkyl halides is 6. The minimum absolute atomic E-state index is 0.149. The van der Waals surface area contributed by atoms with Gasteiger partial charge in [0.15, 0.2) is 0 Å². The van der Waals surface area contributed by atoms with Crippen molar-refractivity contribution in [3.8, 4) is 0 Å². The molecule has 0 aliphatic heterocycles. The van der Waals surface area contributed by atoms with Crippen molar-refractivity contribution in [2.45, 2.75) is 38.4 Å². The molecular formula is C10H16F6O3. The van der Waals surface area contributed by atoms with E-state index in [1.165, 1.54) is 0 Å². The van der Waals surface area contributed by atoms with E-state index in [-0.39, 0.29) is 13.2 Å². The monoisotopic (exact) mass is 298 g/mol. The molecule has 9 heteroatoms. The molecule has 0 saturated carbocycles. The van der Waals surface area contributed by atoms with Gasteiger partial charge in [-0.1, -0.05) is 0 Å². The van der Waals surface area contributed by atoms with Crippen LogP contribution in [0.2, 0.25) is 0 Å². The third-order valence-electron chi connectivity index (χ3n) is 1.92. The molecule has 0 aromatic carbocycles. The first-order valence-corrected chi connectivity index (χ1v) is 5.57. The van der Waals surface area contributed by atoms with Gasteiger partial charge in [-0.15, -0.1) is 0 Å². The van der Waals surface area contributed by atoms with Crippen LogP contribution in [-0.4, -0.2) is 51.0 Å². The first kappa shape index (κ1) is 18.5. The second-order valence-corrected chi connectivity index (χ2v) is 3.52. The van der Waals surface area contributed by atoms with Gasteiger partial charge in [0.2, 0.25) is 0 Å². The van der Waals surface area contributed by atoms with Crippen molar-refractivity contribution < 1.29 is 40.6 Å². The summed E-state index contributed by atoms with van der Waals surface area (Å²) in [7, 11) is 0. The molecule has 0 rings (SSSR count). The van der Waals surface area contributed by atoms with Gasteiger partial charge in [0, 0.05) is 13.2 Å². The van der Waals surface area contributed by atoms with Crippen LogP contribution in [0.15, 0.2) is 0 Å². The molecule has 116 valence electrons. The largest absolute Gasteiger partial charge is 0.428 e. The number of rotatable bonds is 9. The van der Waals surface area contributed by atoms with Crippen LogP contribution in [0, 0.1) is 0 Å². The molecule has 0 heterocycles. The molecule has 0 bridgehead atoms. The summed E-state index contributed by atoms with van der Waals surface area (Å²) < 4.78 is 87.7. The van der Waals surface area contributed by atoms with E-state index in [1.54, 1.807) is 13.8 Å². The Morgan fingerprint density at radius 1 is 0.895 bits per heavy atom. The highest BCUT2D eigenvalue weighted by Crippen LogP contribution is 2.36. The van der Waals surface area contributed by atoms with Gasteiger partial charge in [0.05, 0.1) is 13.2 Å². The van der Waals surface area contributed by atoms with E-state index >= 15 is 0 Å². The second kappa shape index (κ2) is 7.91. The fourth-order valence-electron chi connectivity index (χ4n) is 1.09. The van der Waals surface area contributed by atoms with Gasteiger partial charge in [-0.25, -0.2) is 4.39 Å². The zero-order chi connectivity index (χ0) is 15.1. The number of halogens is 6. The molecule has 0 radical (unpaired) electrons. The minimum atomic E-state index is -5.70. The summed E-state index contributed by atoms with van der Waals surface area (Å²) in [4.78, 5) is 0. The van der Waals surface area contributed by atoms with Gasteiger partial charge in [-0.05, 0) is 13.8 Å². The van der Waals surface area contributed by atoms with Gasteiger partial charge < -0.3 is 14.2 Å². The maximum atomic E-state index is 13.0. The summed E-state index contributed by atoms with van der Waals surface area (Å²) in [5.41, 5.74) is 0. The molecule has 0 fully saturated rings. The molecule has 0 N–H and O–H groups in total. The van der Waals surface area contributed by atoms with Crippen LogP contribution in [0.4, 0.5) is 26.3 Å². The second-order valence-electron chi connectivity index (χ2n) is 3.52. The quantitative estimate of drug-likeness (QED) is 0.613. The zero-order valence-corrected chi connectivity index (χ0v) is 10.5. The van der Waals surface area contributed by atoms with Gasteiger partial charge in [0.25, 0.3) is 6.17 Å². The molecule has 0 saturated heterocycles. The summed E-state index contributed by atoms with van der Waals surface area (Å²) >= 11 is 0. The lowest BCUT2D eigenvalue weighted by molar-refractivity contribution is -0.353. The Labute approximate surface area is 106 Å². The van der Waals surface area contributed by atoms with Crippen LogP contribution in [0.25, 0.3) is 0 Å². The average molecular weight is 298 g/mol. The molecule has 0 aliphatic carbocycles. The van der Waals surface area contributed by atoms with Crippen LogP contribution in [0.1, 0.15) is 13.8 Å². The van der Waals surface area contributed by atoms with Crippen molar-refractivity contribution in [1.29, 1.82) is 0 Å². The Morgan fingerprint density at radius 3 is 1.63 bits per heavy atom. The highest BCUT2D eigenvalue weighted by Gasteiger charge is 2.59. The standard InChI is InChI=1S/C10H16F6O3/c1-3-17-5-7(6-18-4-2)19-10(15,16)8(11)9(12,13)14/h7-8H,3-6H2,1-2H3. The fourth-order valence-corrected chi connectivity index (χ4v) is 1.09. The van der Waals surface area contributed by atoms with E-state index in [0.717, 1.165) is 0 Å². The predicted octanol–water partition coefficient (Wildman–Crippen LogP) is 2.94. The first-order valence-electron chi connectivity index (χ1n) is 5.57. The van der Waals surface area contributed by atoms with Gasteiger partial charge in [-0.3, -0.25) is 0 Å². The number of ether oxygens (including phenoxy) is 3. The first-order chi connectivity index (χ1) is 8.65. The van der Waals surface area contributed by atoms with E-state index in [9.17, 15) is 26.3 Å². The summed E-state index contributed by atoms with van der Waals surface area (Å²) in [6, 6.07) is 0. The Morgan fingerprint density at radius 2 is 1.32 bits per heavy atom. The molecule has 0 aliphatic rings. The summed E-state index contributed by atoms with van der Waals surface area (Å²) in [5, 5.41) is 0. The zero-order valence-electron chi connectivity index (χ0n) is 10.5. The van der Waals surface area contributed by atoms with Crippen LogP contribution < -0.4 is 0 Å². The van der Waals surface area contributed by atoms with Crippen molar-refractivity contribution >= 4 is 0 Å². The maximum absolute atomic E-state index is 13.0. The summed E-state index contributed by atoms with van der Waals surface area (Å²) in [6.07, 6.45) is -16.6. The molecule has 1 unspecified atom stereocenters. The Bertz CT molecular complexity index is 238. The van der Waals surface area contributed by atoms with Crippen LogP contribution in [0.3, 0.4) is 0 Å². The van der Waals surface area contributed by atoms with Crippen molar-refractivity contribution in [3.63, 3.8) is 0 Å². The van der Waals surface area contributed by atoms with Crippen LogP contribution in [0.5, 0.6) is 0 Å². The van der Waals surface area contributed by atoms with E-state index in [4.69, 9.17) is 9.47 Å². The lowest BCUT2D eigenvalue weighted by atomic mass is 10.3. The topological polar surface area (TPSA) is 27.7 Å². The molecule has 3 nitrogen and oxygen atoms in total.